The highest BCUT2D eigenvalue weighted by molar-refractivity contribution is 8.00. The SMILES string of the molecule is COc1ccc(CN(C(=O)CSCC(=O)Nc2ccc(Cl)cc2)C2CC2)cc1. The van der Waals surface area contributed by atoms with Gasteiger partial charge in [-0.15, -0.1) is 11.8 Å². The summed E-state index contributed by atoms with van der Waals surface area (Å²) in [6, 6.07) is 15.0. The molecule has 1 fully saturated rings. The van der Waals surface area contributed by atoms with Gasteiger partial charge in [0.15, 0.2) is 0 Å². The van der Waals surface area contributed by atoms with Crippen molar-refractivity contribution in [2.75, 3.05) is 23.9 Å². The van der Waals surface area contributed by atoms with Gasteiger partial charge in [-0.25, -0.2) is 0 Å². The summed E-state index contributed by atoms with van der Waals surface area (Å²) in [7, 11) is 1.63. The molecule has 0 heterocycles. The van der Waals surface area contributed by atoms with Crippen molar-refractivity contribution in [3.8, 4) is 5.75 Å². The van der Waals surface area contributed by atoms with Crippen molar-refractivity contribution in [3.63, 3.8) is 0 Å². The Morgan fingerprint density at radius 2 is 1.79 bits per heavy atom. The fraction of sp³-hybridized carbons (Fsp3) is 0.333. The Hall–Kier alpha value is -2.18. The molecule has 0 aliphatic heterocycles. The summed E-state index contributed by atoms with van der Waals surface area (Å²) in [6.07, 6.45) is 2.09. The second-order valence-corrected chi connectivity index (χ2v) is 8.07. The molecule has 2 aromatic rings. The predicted octanol–water partition coefficient (Wildman–Crippen LogP) is 4.21. The molecule has 2 amide bonds. The Bertz CT molecular complexity index is 807. The van der Waals surface area contributed by atoms with E-state index < -0.39 is 0 Å². The summed E-state index contributed by atoms with van der Waals surface area (Å²) in [4.78, 5) is 26.6. The Kier molecular flexibility index (Phi) is 7.23. The summed E-state index contributed by atoms with van der Waals surface area (Å²) in [5.41, 5.74) is 1.77. The molecule has 148 valence electrons. The van der Waals surface area contributed by atoms with Gasteiger partial charge in [0.1, 0.15) is 5.75 Å². The minimum atomic E-state index is -0.131. The molecule has 0 bridgehead atoms. The molecule has 0 saturated heterocycles. The fourth-order valence-electron chi connectivity index (χ4n) is 2.78. The summed E-state index contributed by atoms with van der Waals surface area (Å²) in [6.45, 7) is 0.588. The zero-order valence-corrected chi connectivity index (χ0v) is 17.3. The lowest BCUT2D eigenvalue weighted by atomic mass is 10.2. The number of hydrogen-bond acceptors (Lipinski definition) is 4. The van der Waals surface area contributed by atoms with Crippen LogP contribution in [0.5, 0.6) is 5.75 Å². The molecule has 5 nitrogen and oxygen atoms in total. The van der Waals surface area contributed by atoms with Gasteiger partial charge >= 0.3 is 0 Å². The van der Waals surface area contributed by atoms with Crippen LogP contribution in [0.15, 0.2) is 48.5 Å². The molecule has 0 aromatic heterocycles. The highest BCUT2D eigenvalue weighted by atomic mass is 35.5. The van der Waals surface area contributed by atoms with Crippen molar-refractivity contribution in [1.29, 1.82) is 0 Å². The monoisotopic (exact) mass is 418 g/mol. The maximum Gasteiger partial charge on any atom is 0.234 e. The van der Waals surface area contributed by atoms with Gasteiger partial charge in [0, 0.05) is 23.3 Å². The highest BCUT2D eigenvalue weighted by Crippen LogP contribution is 2.29. The standard InChI is InChI=1S/C21H23ClN2O3S/c1-27-19-10-2-15(3-11-19)12-24(18-8-9-18)21(26)14-28-13-20(25)23-17-6-4-16(22)5-7-17/h2-7,10-11,18H,8-9,12-14H2,1H3,(H,23,25). The number of amides is 2. The Balaban J connectivity index is 1.46. The molecular weight excluding hydrogens is 396 g/mol. The van der Waals surface area contributed by atoms with Crippen LogP contribution < -0.4 is 10.1 Å². The maximum atomic E-state index is 12.7. The molecule has 1 saturated carbocycles. The molecule has 3 rings (SSSR count). The number of ether oxygens (including phenoxy) is 1. The van der Waals surface area contributed by atoms with E-state index in [4.69, 9.17) is 16.3 Å². The van der Waals surface area contributed by atoms with Crippen LogP contribution in [0.1, 0.15) is 18.4 Å². The van der Waals surface area contributed by atoms with E-state index in [1.807, 2.05) is 29.2 Å². The van der Waals surface area contributed by atoms with E-state index in [-0.39, 0.29) is 17.6 Å². The smallest absolute Gasteiger partial charge is 0.234 e. The van der Waals surface area contributed by atoms with Gasteiger partial charge in [0.2, 0.25) is 11.8 Å². The number of thioether (sulfide) groups is 1. The lowest BCUT2D eigenvalue weighted by Gasteiger charge is -2.22. The first-order valence-electron chi connectivity index (χ1n) is 9.10. The van der Waals surface area contributed by atoms with Gasteiger partial charge < -0.3 is 15.0 Å². The number of nitrogens with one attached hydrogen (secondary N) is 1. The zero-order chi connectivity index (χ0) is 19.9. The third-order valence-corrected chi connectivity index (χ3v) is 5.58. The van der Waals surface area contributed by atoms with Gasteiger partial charge in [-0.2, -0.15) is 0 Å². The third-order valence-electron chi connectivity index (χ3n) is 4.41. The molecular formula is C21H23ClN2O3S. The summed E-state index contributed by atoms with van der Waals surface area (Å²) in [5, 5.41) is 3.42. The van der Waals surface area contributed by atoms with Crippen LogP contribution in [0.3, 0.4) is 0 Å². The number of nitrogens with zero attached hydrogens (tertiary/aromatic N) is 1. The molecule has 0 spiro atoms. The largest absolute Gasteiger partial charge is 0.497 e. The number of carbonyl (C=O) groups is 2. The summed E-state index contributed by atoms with van der Waals surface area (Å²) >= 11 is 7.17. The number of methoxy groups -OCH3 is 1. The number of anilines is 1. The average molecular weight is 419 g/mol. The second kappa shape index (κ2) is 9.85. The Labute approximate surface area is 174 Å². The normalized spacial score (nSPS) is 13.1. The number of halogens is 1. The molecule has 0 radical (unpaired) electrons. The number of hydrogen-bond donors (Lipinski definition) is 1. The van der Waals surface area contributed by atoms with E-state index in [0.717, 1.165) is 24.2 Å². The van der Waals surface area contributed by atoms with Crippen LogP contribution in [0.4, 0.5) is 5.69 Å². The molecule has 1 aliphatic carbocycles. The van der Waals surface area contributed by atoms with E-state index in [2.05, 4.69) is 5.32 Å². The zero-order valence-electron chi connectivity index (χ0n) is 15.7. The van der Waals surface area contributed by atoms with Crippen LogP contribution in [0.2, 0.25) is 5.02 Å². The molecule has 28 heavy (non-hydrogen) atoms. The molecule has 2 aromatic carbocycles. The minimum Gasteiger partial charge on any atom is -0.497 e. The average Bonchev–Trinajstić information content (AvgIpc) is 3.53. The van der Waals surface area contributed by atoms with E-state index in [1.54, 1.807) is 31.4 Å². The van der Waals surface area contributed by atoms with Crippen molar-refractivity contribution >= 4 is 40.9 Å². The highest BCUT2D eigenvalue weighted by Gasteiger charge is 2.32. The lowest BCUT2D eigenvalue weighted by molar-refractivity contribution is -0.129. The lowest BCUT2D eigenvalue weighted by Crippen LogP contribution is -2.34. The molecule has 1 aliphatic rings. The fourth-order valence-corrected chi connectivity index (χ4v) is 3.61. The maximum absolute atomic E-state index is 12.7. The van der Waals surface area contributed by atoms with Crippen molar-refractivity contribution in [2.24, 2.45) is 0 Å². The number of carbonyl (C=O) groups excluding carboxylic acids is 2. The van der Waals surface area contributed by atoms with E-state index >= 15 is 0 Å². The third kappa shape index (κ3) is 6.17. The second-order valence-electron chi connectivity index (χ2n) is 6.65. The Morgan fingerprint density at radius 3 is 2.39 bits per heavy atom. The minimum absolute atomic E-state index is 0.0719. The first-order chi connectivity index (χ1) is 13.5. The van der Waals surface area contributed by atoms with E-state index in [1.165, 1.54) is 11.8 Å². The predicted molar refractivity (Wildman–Crippen MR) is 114 cm³/mol. The molecule has 0 atom stereocenters. The van der Waals surface area contributed by atoms with Crippen molar-refractivity contribution in [2.45, 2.75) is 25.4 Å². The van der Waals surface area contributed by atoms with Crippen LogP contribution in [0.25, 0.3) is 0 Å². The van der Waals surface area contributed by atoms with Gasteiger partial charge in [0.05, 0.1) is 18.6 Å². The summed E-state index contributed by atoms with van der Waals surface area (Å²) in [5.74, 6) is 1.27. The van der Waals surface area contributed by atoms with Crippen molar-refractivity contribution < 1.29 is 14.3 Å². The van der Waals surface area contributed by atoms with Gasteiger partial charge in [-0.1, -0.05) is 23.7 Å². The number of benzene rings is 2. The number of rotatable bonds is 9. The van der Waals surface area contributed by atoms with Crippen molar-refractivity contribution in [3.05, 3.63) is 59.1 Å². The van der Waals surface area contributed by atoms with Gasteiger partial charge in [0.25, 0.3) is 0 Å². The van der Waals surface area contributed by atoms with E-state index in [0.29, 0.717) is 29.0 Å². The Morgan fingerprint density at radius 1 is 1.11 bits per heavy atom. The van der Waals surface area contributed by atoms with Crippen LogP contribution >= 0.6 is 23.4 Å². The topological polar surface area (TPSA) is 58.6 Å². The van der Waals surface area contributed by atoms with Gasteiger partial charge in [-0.3, -0.25) is 9.59 Å². The van der Waals surface area contributed by atoms with Gasteiger partial charge in [-0.05, 0) is 54.8 Å². The van der Waals surface area contributed by atoms with E-state index in [9.17, 15) is 9.59 Å². The quantitative estimate of drug-likeness (QED) is 0.662. The van der Waals surface area contributed by atoms with Crippen molar-refractivity contribution in [1.82, 2.24) is 4.90 Å². The first-order valence-corrected chi connectivity index (χ1v) is 10.6. The summed E-state index contributed by atoms with van der Waals surface area (Å²) < 4.78 is 5.18. The first kappa shape index (κ1) is 20.6. The van der Waals surface area contributed by atoms with Crippen LogP contribution in [-0.4, -0.2) is 41.4 Å². The molecule has 0 unspecified atom stereocenters. The molecule has 1 N–H and O–H groups in total. The molecule has 7 heteroatoms. The van der Waals surface area contributed by atoms with Crippen LogP contribution in [-0.2, 0) is 16.1 Å². The van der Waals surface area contributed by atoms with Crippen LogP contribution in [0, 0.1) is 0 Å².